The number of hydrogen-bond donors (Lipinski definition) is 2. The lowest BCUT2D eigenvalue weighted by Crippen LogP contribution is -2.51. The van der Waals surface area contributed by atoms with Crippen LogP contribution in [0.15, 0.2) is 59.7 Å². The van der Waals surface area contributed by atoms with Gasteiger partial charge >= 0.3 is 0 Å². The summed E-state index contributed by atoms with van der Waals surface area (Å²) in [5.74, 6) is 0.345. The normalized spacial score (nSPS) is 22.6. The molecule has 4 rings (SSSR count). The molecule has 0 fully saturated rings. The zero-order valence-electron chi connectivity index (χ0n) is 17.2. The number of fused-ring (bicyclic) bond motifs is 1. The molecule has 2 aromatic carbocycles. The summed E-state index contributed by atoms with van der Waals surface area (Å²) in [6.07, 6.45) is 2.96. The molecule has 0 amide bonds. The lowest BCUT2D eigenvalue weighted by atomic mass is 9.80. The van der Waals surface area contributed by atoms with Gasteiger partial charge in [-0.25, -0.2) is 4.99 Å². The van der Waals surface area contributed by atoms with Gasteiger partial charge in [0, 0.05) is 27.7 Å². The average Bonchev–Trinajstić information content (AvgIpc) is 3.17. The van der Waals surface area contributed by atoms with Crippen LogP contribution in [0.2, 0.25) is 5.02 Å². The molecule has 3 N–H and O–H groups in total. The van der Waals surface area contributed by atoms with E-state index in [1.807, 2.05) is 56.4 Å². The number of H-pyrrole nitrogens is 1. The number of carbonyl (C=O) groups excluding carboxylic acids is 1. The molecule has 1 aliphatic rings. The fraction of sp³-hybridized carbons (Fsp3) is 0.333. The van der Waals surface area contributed by atoms with E-state index in [-0.39, 0.29) is 5.78 Å². The van der Waals surface area contributed by atoms with E-state index >= 15 is 0 Å². The Morgan fingerprint density at radius 3 is 2.67 bits per heavy atom. The molecule has 0 bridgehead atoms. The Hall–Kier alpha value is -2.63. The highest BCUT2D eigenvalue weighted by Crippen LogP contribution is 2.40. The fourth-order valence-corrected chi connectivity index (χ4v) is 4.52. The van der Waals surface area contributed by atoms with Crippen molar-refractivity contribution >= 4 is 34.2 Å². The second kappa shape index (κ2) is 8.25. The molecule has 0 saturated carbocycles. The van der Waals surface area contributed by atoms with Crippen LogP contribution in [-0.4, -0.2) is 28.8 Å². The van der Waals surface area contributed by atoms with Crippen molar-refractivity contribution in [1.82, 2.24) is 4.98 Å². The number of rotatable bonds is 6. The van der Waals surface area contributed by atoms with Crippen molar-refractivity contribution in [2.45, 2.75) is 50.8 Å². The molecule has 0 spiro atoms. The number of halogens is 1. The minimum Gasteiger partial charge on any atom is -0.468 e. The van der Waals surface area contributed by atoms with Crippen LogP contribution in [0.3, 0.4) is 0 Å². The molecule has 2 unspecified atom stereocenters. The second-order valence-corrected chi connectivity index (χ2v) is 8.10. The average molecular weight is 424 g/mol. The summed E-state index contributed by atoms with van der Waals surface area (Å²) in [7, 11) is 0. The molecule has 5 nitrogen and oxygen atoms in total. The van der Waals surface area contributed by atoms with Crippen LogP contribution in [0.4, 0.5) is 0 Å². The van der Waals surface area contributed by atoms with Gasteiger partial charge in [-0.1, -0.05) is 61.8 Å². The first-order valence-electron chi connectivity index (χ1n) is 10.4. The van der Waals surface area contributed by atoms with Crippen molar-refractivity contribution < 1.29 is 9.53 Å². The molecule has 156 valence electrons. The number of aromatic nitrogens is 1. The first kappa shape index (κ1) is 20.6. The lowest BCUT2D eigenvalue weighted by Gasteiger charge is -2.38. The van der Waals surface area contributed by atoms with Gasteiger partial charge in [-0.3, -0.25) is 4.79 Å². The Kier molecular flexibility index (Phi) is 5.67. The SMILES string of the molecule is CCC1OC([C@@H](N)Cc2c[nH]c3ccccc23)=NC(CC)(c2ccccc2Cl)C1=O. The van der Waals surface area contributed by atoms with E-state index in [0.717, 1.165) is 16.5 Å². The van der Waals surface area contributed by atoms with Crippen LogP contribution in [-0.2, 0) is 21.5 Å². The van der Waals surface area contributed by atoms with Crippen LogP contribution >= 0.6 is 11.6 Å². The molecule has 3 atom stereocenters. The van der Waals surface area contributed by atoms with Crippen LogP contribution < -0.4 is 5.73 Å². The number of carbonyl (C=O) groups is 1. The Balaban J connectivity index is 1.75. The highest BCUT2D eigenvalue weighted by molar-refractivity contribution is 6.32. The molecule has 0 radical (unpaired) electrons. The summed E-state index contributed by atoms with van der Waals surface area (Å²) in [4.78, 5) is 21.5. The van der Waals surface area contributed by atoms with Crippen LogP contribution in [0.25, 0.3) is 10.9 Å². The van der Waals surface area contributed by atoms with E-state index in [9.17, 15) is 4.79 Å². The molecular weight excluding hydrogens is 398 g/mol. The zero-order chi connectivity index (χ0) is 21.3. The fourth-order valence-electron chi connectivity index (χ4n) is 4.23. The van der Waals surface area contributed by atoms with Gasteiger partial charge in [-0.15, -0.1) is 0 Å². The van der Waals surface area contributed by atoms with Gasteiger partial charge in [0.2, 0.25) is 11.7 Å². The summed E-state index contributed by atoms with van der Waals surface area (Å²) in [6.45, 7) is 3.88. The number of hydrogen-bond acceptors (Lipinski definition) is 4. The largest absolute Gasteiger partial charge is 0.468 e. The molecule has 0 saturated heterocycles. The van der Waals surface area contributed by atoms with Crippen molar-refractivity contribution in [3.8, 4) is 0 Å². The van der Waals surface area contributed by atoms with Crippen LogP contribution in [0.5, 0.6) is 0 Å². The van der Waals surface area contributed by atoms with Gasteiger partial charge in [-0.05, 0) is 37.0 Å². The van der Waals surface area contributed by atoms with E-state index in [1.165, 1.54) is 0 Å². The maximum absolute atomic E-state index is 13.4. The quantitative estimate of drug-likeness (QED) is 0.599. The molecule has 1 aromatic heterocycles. The van der Waals surface area contributed by atoms with Gasteiger partial charge < -0.3 is 15.5 Å². The Morgan fingerprint density at radius 1 is 1.20 bits per heavy atom. The first-order chi connectivity index (χ1) is 14.5. The summed E-state index contributed by atoms with van der Waals surface area (Å²) in [5, 5.41) is 1.65. The maximum atomic E-state index is 13.4. The van der Waals surface area contributed by atoms with Gasteiger partial charge in [0.1, 0.15) is 0 Å². The van der Waals surface area contributed by atoms with E-state index in [0.29, 0.717) is 35.7 Å². The molecule has 30 heavy (non-hydrogen) atoms. The van der Waals surface area contributed by atoms with Crippen molar-refractivity contribution in [2.75, 3.05) is 0 Å². The zero-order valence-corrected chi connectivity index (χ0v) is 17.9. The third kappa shape index (κ3) is 3.42. The van der Waals surface area contributed by atoms with E-state index in [1.54, 1.807) is 6.07 Å². The Bertz CT molecular complexity index is 1110. The molecular formula is C24H26ClN3O2. The van der Waals surface area contributed by atoms with E-state index in [4.69, 9.17) is 27.1 Å². The van der Waals surface area contributed by atoms with Crippen LogP contribution in [0.1, 0.15) is 37.8 Å². The molecule has 1 aliphatic heterocycles. The number of aromatic amines is 1. The summed E-state index contributed by atoms with van der Waals surface area (Å²) in [6, 6.07) is 15.0. The monoisotopic (exact) mass is 423 g/mol. The van der Waals surface area contributed by atoms with Crippen molar-refractivity contribution in [2.24, 2.45) is 10.7 Å². The summed E-state index contributed by atoms with van der Waals surface area (Å²) < 4.78 is 6.01. The minimum absolute atomic E-state index is 0.0661. The highest BCUT2D eigenvalue weighted by atomic mass is 35.5. The lowest BCUT2D eigenvalue weighted by molar-refractivity contribution is -0.134. The minimum atomic E-state index is -1.08. The molecule has 2 heterocycles. The number of para-hydroxylation sites is 1. The number of ether oxygens (including phenoxy) is 1. The van der Waals surface area contributed by atoms with E-state index < -0.39 is 17.7 Å². The third-order valence-corrected chi connectivity index (χ3v) is 6.23. The third-order valence-electron chi connectivity index (χ3n) is 5.90. The molecule has 6 heteroatoms. The molecule has 0 aliphatic carbocycles. The number of benzene rings is 2. The Morgan fingerprint density at radius 2 is 1.93 bits per heavy atom. The first-order valence-corrected chi connectivity index (χ1v) is 10.7. The number of ketones is 1. The number of aliphatic imine (C=N–C) groups is 1. The van der Waals surface area contributed by atoms with Gasteiger partial charge in [0.25, 0.3) is 0 Å². The van der Waals surface area contributed by atoms with Gasteiger partial charge in [0.05, 0.1) is 6.04 Å². The predicted octanol–water partition coefficient (Wildman–Crippen LogP) is 4.77. The van der Waals surface area contributed by atoms with E-state index in [2.05, 4.69) is 11.1 Å². The standard InChI is InChI=1S/C24H26ClN3O2/c1-3-21-22(29)24(4-2,17-10-6-7-11-18(17)25)28-23(30-21)19(26)13-15-14-27-20-12-8-5-9-16(15)20/h5-12,14,19,21,27H,3-4,13,26H2,1-2H3/t19-,21?,24?/m0/s1. The number of nitrogens with one attached hydrogen (secondary N) is 1. The number of Topliss-reactive ketones (excluding diaryl/α,β-unsaturated/α-hetero) is 1. The van der Waals surface area contributed by atoms with Gasteiger partial charge in [0.15, 0.2) is 11.6 Å². The highest BCUT2D eigenvalue weighted by Gasteiger charge is 2.48. The molecule has 3 aromatic rings. The summed E-state index contributed by atoms with van der Waals surface area (Å²) in [5.41, 5.74) is 8.35. The topological polar surface area (TPSA) is 80.5 Å². The summed E-state index contributed by atoms with van der Waals surface area (Å²) >= 11 is 6.49. The van der Waals surface area contributed by atoms with Crippen molar-refractivity contribution in [3.63, 3.8) is 0 Å². The maximum Gasteiger partial charge on any atom is 0.205 e. The number of nitrogens with two attached hydrogens (primary N) is 1. The smallest absolute Gasteiger partial charge is 0.205 e. The predicted molar refractivity (Wildman–Crippen MR) is 121 cm³/mol. The second-order valence-electron chi connectivity index (χ2n) is 7.69. The number of nitrogens with zero attached hydrogens (tertiary/aromatic N) is 1. The Labute approximate surface area is 181 Å². The van der Waals surface area contributed by atoms with Crippen LogP contribution in [0, 0.1) is 0 Å². The van der Waals surface area contributed by atoms with Gasteiger partial charge in [-0.2, -0.15) is 0 Å². The van der Waals surface area contributed by atoms with Crippen molar-refractivity contribution in [3.05, 3.63) is 70.9 Å². The van der Waals surface area contributed by atoms with Crippen molar-refractivity contribution in [1.29, 1.82) is 0 Å².